The van der Waals surface area contributed by atoms with Gasteiger partial charge in [-0.3, -0.25) is 4.98 Å². The van der Waals surface area contributed by atoms with Gasteiger partial charge in [-0.05, 0) is 25.5 Å². The fourth-order valence-electron chi connectivity index (χ4n) is 3.14. The van der Waals surface area contributed by atoms with Gasteiger partial charge in [-0.25, -0.2) is 8.42 Å². The van der Waals surface area contributed by atoms with Gasteiger partial charge < -0.3 is 9.47 Å². The molecule has 1 aromatic heterocycles. The molecule has 2 fully saturated rings. The summed E-state index contributed by atoms with van der Waals surface area (Å²) in [5, 5.41) is 0. The second-order valence-corrected chi connectivity index (χ2v) is 8.38. The number of hydrogen-bond acceptors (Lipinski definition) is 5. The van der Waals surface area contributed by atoms with Crippen LogP contribution in [0.5, 0.6) is 0 Å². The highest BCUT2D eigenvalue weighted by Crippen LogP contribution is 2.40. The zero-order chi connectivity index (χ0) is 18.3. The maximum atomic E-state index is 12.6. The van der Waals surface area contributed by atoms with Crippen LogP contribution in [0, 0.1) is 6.92 Å². The number of aromatic nitrogens is 1. The Hall–Kier alpha value is -1.23. The van der Waals surface area contributed by atoms with Crippen LogP contribution in [0.15, 0.2) is 18.2 Å². The standard InChI is InChI=1S/C15H19F3N2O4S/c1-11-3-2-4-12(19-11)8-23-13-5-6-24-14(7-13)9-20(10-14)25(21,22)15(16,17)18/h2-4,13H,5-10H2,1H3/t13-/m1/s1. The molecule has 2 saturated heterocycles. The third-order valence-electron chi connectivity index (χ3n) is 4.42. The van der Waals surface area contributed by atoms with E-state index in [0.29, 0.717) is 30.4 Å². The van der Waals surface area contributed by atoms with E-state index in [-0.39, 0.29) is 19.2 Å². The molecule has 2 aliphatic heterocycles. The Balaban J connectivity index is 1.56. The number of halogens is 3. The minimum Gasteiger partial charge on any atom is -0.372 e. The molecule has 2 aliphatic rings. The molecular formula is C15H19F3N2O4S. The van der Waals surface area contributed by atoms with Crippen LogP contribution in [0.1, 0.15) is 24.2 Å². The Morgan fingerprint density at radius 1 is 1.40 bits per heavy atom. The molecule has 0 radical (unpaired) electrons. The summed E-state index contributed by atoms with van der Waals surface area (Å²) in [5.74, 6) is 0. The zero-order valence-electron chi connectivity index (χ0n) is 13.6. The van der Waals surface area contributed by atoms with Crippen LogP contribution in [0.25, 0.3) is 0 Å². The lowest BCUT2D eigenvalue weighted by Crippen LogP contribution is -2.68. The minimum atomic E-state index is -5.29. The molecule has 1 atom stereocenters. The van der Waals surface area contributed by atoms with E-state index in [2.05, 4.69) is 4.98 Å². The Kier molecular flexibility index (Phi) is 4.82. The summed E-state index contributed by atoms with van der Waals surface area (Å²) in [6.07, 6.45) is 0.772. The van der Waals surface area contributed by atoms with Gasteiger partial charge in [-0.2, -0.15) is 17.5 Å². The van der Waals surface area contributed by atoms with E-state index in [1.807, 2.05) is 25.1 Å². The maximum absolute atomic E-state index is 12.6. The van der Waals surface area contributed by atoms with Crippen molar-refractivity contribution < 1.29 is 31.1 Å². The van der Waals surface area contributed by atoms with Crippen LogP contribution >= 0.6 is 0 Å². The average molecular weight is 380 g/mol. The summed E-state index contributed by atoms with van der Waals surface area (Å²) in [6, 6.07) is 5.58. The van der Waals surface area contributed by atoms with Crippen LogP contribution in [0.2, 0.25) is 0 Å². The summed E-state index contributed by atoms with van der Waals surface area (Å²) in [5.41, 5.74) is -4.52. The lowest BCUT2D eigenvalue weighted by Gasteiger charge is -2.51. The van der Waals surface area contributed by atoms with E-state index < -0.39 is 21.1 Å². The summed E-state index contributed by atoms with van der Waals surface area (Å²) in [4.78, 5) is 4.33. The average Bonchev–Trinajstić information content (AvgIpc) is 2.50. The van der Waals surface area contributed by atoms with E-state index in [1.54, 1.807) is 0 Å². The van der Waals surface area contributed by atoms with Gasteiger partial charge in [0.25, 0.3) is 0 Å². The predicted molar refractivity (Wildman–Crippen MR) is 82.0 cm³/mol. The smallest absolute Gasteiger partial charge is 0.372 e. The van der Waals surface area contributed by atoms with Crippen molar-refractivity contribution in [1.82, 2.24) is 9.29 Å². The van der Waals surface area contributed by atoms with Crippen LogP contribution in [-0.4, -0.2) is 54.6 Å². The minimum absolute atomic E-state index is 0.202. The molecule has 140 valence electrons. The van der Waals surface area contributed by atoms with Crippen molar-refractivity contribution in [3.8, 4) is 0 Å². The molecule has 1 spiro atoms. The lowest BCUT2D eigenvalue weighted by molar-refractivity contribution is -0.183. The van der Waals surface area contributed by atoms with E-state index in [1.165, 1.54) is 0 Å². The summed E-state index contributed by atoms with van der Waals surface area (Å²) in [7, 11) is -5.29. The molecule has 0 amide bonds. The topological polar surface area (TPSA) is 68.7 Å². The molecule has 0 unspecified atom stereocenters. The Bertz CT molecular complexity index is 733. The largest absolute Gasteiger partial charge is 0.511 e. The van der Waals surface area contributed by atoms with Crippen LogP contribution in [0.3, 0.4) is 0 Å². The quantitative estimate of drug-likeness (QED) is 0.799. The van der Waals surface area contributed by atoms with Gasteiger partial charge in [0.05, 0.1) is 24.0 Å². The SMILES string of the molecule is Cc1cccc(CO[C@@H]2CCOC3(C2)CN(S(=O)(=O)C(F)(F)F)C3)n1. The zero-order valence-corrected chi connectivity index (χ0v) is 14.4. The Morgan fingerprint density at radius 2 is 2.12 bits per heavy atom. The first-order valence-corrected chi connectivity index (χ1v) is 9.30. The first-order valence-electron chi connectivity index (χ1n) is 7.86. The molecule has 0 saturated carbocycles. The van der Waals surface area contributed by atoms with Crippen molar-refractivity contribution >= 4 is 10.0 Å². The fraction of sp³-hybridized carbons (Fsp3) is 0.667. The fourth-order valence-corrected chi connectivity index (χ4v) is 4.24. The van der Waals surface area contributed by atoms with E-state index >= 15 is 0 Å². The summed E-state index contributed by atoms with van der Waals surface area (Å²) >= 11 is 0. The van der Waals surface area contributed by atoms with Gasteiger partial charge in [0.2, 0.25) is 0 Å². The molecule has 1 aromatic rings. The van der Waals surface area contributed by atoms with E-state index in [4.69, 9.17) is 9.47 Å². The number of aryl methyl sites for hydroxylation is 1. The molecule has 0 aliphatic carbocycles. The van der Waals surface area contributed by atoms with E-state index in [0.717, 1.165) is 11.4 Å². The highest BCUT2D eigenvalue weighted by Gasteiger charge is 2.59. The highest BCUT2D eigenvalue weighted by molar-refractivity contribution is 7.90. The summed E-state index contributed by atoms with van der Waals surface area (Å²) < 4.78 is 72.3. The molecular weight excluding hydrogens is 361 g/mol. The number of pyridine rings is 1. The molecule has 6 nitrogen and oxygen atoms in total. The first kappa shape index (κ1) is 18.6. The van der Waals surface area contributed by atoms with Gasteiger partial charge in [0.15, 0.2) is 0 Å². The predicted octanol–water partition coefficient (Wildman–Crippen LogP) is 1.99. The van der Waals surface area contributed by atoms with Crippen molar-refractivity contribution in [3.63, 3.8) is 0 Å². The Morgan fingerprint density at radius 3 is 2.76 bits per heavy atom. The monoisotopic (exact) mass is 380 g/mol. The van der Waals surface area contributed by atoms with Crippen molar-refractivity contribution in [2.24, 2.45) is 0 Å². The van der Waals surface area contributed by atoms with Crippen molar-refractivity contribution in [2.45, 2.75) is 43.6 Å². The lowest BCUT2D eigenvalue weighted by atomic mass is 9.86. The summed E-state index contributed by atoms with van der Waals surface area (Å²) in [6.45, 7) is 1.91. The molecule has 0 bridgehead atoms. The number of alkyl halides is 3. The first-order chi connectivity index (χ1) is 11.6. The van der Waals surface area contributed by atoms with Crippen molar-refractivity contribution in [1.29, 1.82) is 0 Å². The number of rotatable bonds is 4. The van der Waals surface area contributed by atoms with Gasteiger partial charge >= 0.3 is 15.5 Å². The number of sulfonamides is 1. The molecule has 25 heavy (non-hydrogen) atoms. The molecule has 3 rings (SSSR count). The van der Waals surface area contributed by atoms with Gasteiger partial charge in [-0.15, -0.1) is 0 Å². The number of nitrogens with zero attached hydrogens (tertiary/aromatic N) is 2. The maximum Gasteiger partial charge on any atom is 0.511 e. The molecule has 0 aromatic carbocycles. The van der Waals surface area contributed by atoms with Crippen molar-refractivity contribution in [2.75, 3.05) is 19.7 Å². The molecule has 0 N–H and O–H groups in total. The van der Waals surface area contributed by atoms with Crippen LogP contribution < -0.4 is 0 Å². The van der Waals surface area contributed by atoms with Gasteiger partial charge in [0.1, 0.15) is 0 Å². The van der Waals surface area contributed by atoms with Gasteiger partial charge in [0, 0.05) is 31.8 Å². The molecule has 3 heterocycles. The second kappa shape index (κ2) is 6.49. The van der Waals surface area contributed by atoms with Gasteiger partial charge in [-0.1, -0.05) is 6.07 Å². The Labute approximate surface area is 144 Å². The van der Waals surface area contributed by atoms with Crippen molar-refractivity contribution in [3.05, 3.63) is 29.6 Å². The molecule has 10 heteroatoms. The van der Waals surface area contributed by atoms with Crippen LogP contribution in [0.4, 0.5) is 13.2 Å². The number of hydrogen-bond donors (Lipinski definition) is 0. The van der Waals surface area contributed by atoms with E-state index in [9.17, 15) is 21.6 Å². The van der Waals surface area contributed by atoms with Crippen LogP contribution in [-0.2, 0) is 26.1 Å². The second-order valence-electron chi connectivity index (χ2n) is 6.45. The third kappa shape index (κ3) is 3.81. The normalized spacial score (nSPS) is 24.2. The third-order valence-corrected chi connectivity index (χ3v) is 5.95. The number of ether oxygens (including phenoxy) is 2. The highest BCUT2D eigenvalue weighted by atomic mass is 32.2.